The maximum Gasteiger partial charge on any atom is 0.227 e. The Morgan fingerprint density at radius 2 is 2.00 bits per heavy atom. The van der Waals surface area contributed by atoms with Crippen LogP contribution in [-0.4, -0.2) is 17.8 Å². The molecule has 0 atom stereocenters. The highest BCUT2D eigenvalue weighted by Gasteiger charge is 2.14. The fraction of sp³-hybridized carbons (Fsp3) is 0.429. The monoisotopic (exact) mass is 308 g/mol. The van der Waals surface area contributed by atoms with Gasteiger partial charge in [0.25, 0.3) is 0 Å². The van der Waals surface area contributed by atoms with Crippen molar-refractivity contribution in [2.75, 3.05) is 16.8 Å². The number of hydrogen-bond donors (Lipinski definition) is 0. The molecule has 18 heavy (non-hydrogen) atoms. The van der Waals surface area contributed by atoms with Crippen molar-refractivity contribution in [1.82, 2.24) is 0 Å². The van der Waals surface area contributed by atoms with Crippen LogP contribution in [0.25, 0.3) is 0 Å². The Morgan fingerprint density at radius 3 is 2.61 bits per heavy atom. The van der Waals surface area contributed by atoms with Crippen molar-refractivity contribution >= 4 is 27.5 Å². The van der Waals surface area contributed by atoms with Crippen LogP contribution in [0.1, 0.15) is 25.7 Å². The third-order valence-electron chi connectivity index (χ3n) is 2.59. The van der Waals surface area contributed by atoms with Gasteiger partial charge in [0.1, 0.15) is 0 Å². The summed E-state index contributed by atoms with van der Waals surface area (Å²) in [5.41, 5.74) is 0.872. The molecule has 1 aromatic rings. The molecule has 0 heterocycles. The molecule has 0 aliphatic heterocycles. The first-order valence-corrected chi connectivity index (χ1v) is 7.20. The number of halogens is 1. The Balaban J connectivity index is 2.66. The highest BCUT2D eigenvalue weighted by molar-refractivity contribution is 9.09. The van der Waals surface area contributed by atoms with Crippen molar-refractivity contribution in [2.45, 2.75) is 25.7 Å². The Morgan fingerprint density at radius 1 is 1.28 bits per heavy atom. The van der Waals surface area contributed by atoms with E-state index in [1.165, 1.54) is 0 Å². The third-order valence-corrected chi connectivity index (χ3v) is 3.15. The summed E-state index contributed by atoms with van der Waals surface area (Å²) in [6.45, 7) is 0.466. The second-order valence-electron chi connectivity index (χ2n) is 3.94. The van der Waals surface area contributed by atoms with Crippen LogP contribution in [0.3, 0.4) is 0 Å². The average molecular weight is 309 g/mol. The Bertz CT molecular complexity index is 400. The molecule has 0 aromatic heterocycles. The zero-order chi connectivity index (χ0) is 13.2. The number of hydrogen-bond acceptors (Lipinski definition) is 2. The Kier molecular flexibility index (Phi) is 7.12. The lowest BCUT2D eigenvalue weighted by molar-refractivity contribution is -0.118. The average Bonchev–Trinajstić information content (AvgIpc) is 2.41. The zero-order valence-corrected chi connectivity index (χ0v) is 11.9. The summed E-state index contributed by atoms with van der Waals surface area (Å²) in [6, 6.07) is 11.6. The highest BCUT2D eigenvalue weighted by atomic mass is 79.9. The van der Waals surface area contributed by atoms with Crippen LogP contribution in [-0.2, 0) is 4.79 Å². The molecule has 96 valence electrons. The molecule has 3 nitrogen and oxygen atoms in total. The van der Waals surface area contributed by atoms with Gasteiger partial charge in [-0.25, -0.2) is 0 Å². The van der Waals surface area contributed by atoms with Crippen molar-refractivity contribution in [2.24, 2.45) is 0 Å². The minimum absolute atomic E-state index is 0.0948. The fourth-order valence-electron chi connectivity index (χ4n) is 1.67. The molecule has 1 rings (SSSR count). The molecule has 0 radical (unpaired) electrons. The lowest BCUT2D eigenvalue weighted by Crippen LogP contribution is -2.31. The quantitative estimate of drug-likeness (QED) is 0.571. The van der Waals surface area contributed by atoms with Gasteiger partial charge >= 0.3 is 0 Å². The minimum atomic E-state index is 0.0948. The molecule has 0 unspecified atom stereocenters. The summed E-state index contributed by atoms with van der Waals surface area (Å²) in [5.74, 6) is 0.0948. The smallest absolute Gasteiger partial charge is 0.227 e. The van der Waals surface area contributed by atoms with Gasteiger partial charge in [0.15, 0.2) is 0 Å². The summed E-state index contributed by atoms with van der Waals surface area (Å²) in [6.07, 6.45) is 2.76. The number of nitriles is 1. The largest absolute Gasteiger partial charge is 0.311 e. The summed E-state index contributed by atoms with van der Waals surface area (Å²) < 4.78 is 0. The van der Waals surface area contributed by atoms with E-state index in [4.69, 9.17) is 5.26 Å². The number of carbonyl (C=O) groups is 1. The van der Waals surface area contributed by atoms with Gasteiger partial charge < -0.3 is 4.90 Å². The molecule has 0 N–H and O–H groups in total. The fourth-order valence-corrected chi connectivity index (χ4v) is 2.07. The predicted octanol–water partition coefficient (Wildman–Crippen LogP) is 3.50. The molecule has 4 heteroatoms. The van der Waals surface area contributed by atoms with Gasteiger partial charge in [-0.1, -0.05) is 34.1 Å². The summed E-state index contributed by atoms with van der Waals surface area (Å²) in [5, 5.41) is 9.58. The second kappa shape index (κ2) is 8.71. The number of nitrogens with zero attached hydrogens (tertiary/aromatic N) is 2. The van der Waals surface area contributed by atoms with Crippen molar-refractivity contribution in [3.05, 3.63) is 30.3 Å². The molecule has 0 spiro atoms. The van der Waals surface area contributed by atoms with Crippen LogP contribution in [0.4, 0.5) is 5.69 Å². The van der Waals surface area contributed by atoms with E-state index in [0.717, 1.165) is 23.9 Å². The van der Waals surface area contributed by atoms with Crippen LogP contribution in [0, 0.1) is 11.3 Å². The summed E-state index contributed by atoms with van der Waals surface area (Å²) in [4.78, 5) is 13.8. The van der Waals surface area contributed by atoms with Crippen molar-refractivity contribution in [1.29, 1.82) is 5.26 Å². The van der Waals surface area contributed by atoms with E-state index in [-0.39, 0.29) is 5.91 Å². The van der Waals surface area contributed by atoms with E-state index in [1.807, 2.05) is 30.3 Å². The molecule has 0 saturated heterocycles. The van der Waals surface area contributed by atoms with E-state index in [1.54, 1.807) is 4.90 Å². The van der Waals surface area contributed by atoms with Crippen molar-refractivity contribution in [3.8, 4) is 6.07 Å². The van der Waals surface area contributed by atoms with E-state index >= 15 is 0 Å². The topological polar surface area (TPSA) is 44.1 Å². The summed E-state index contributed by atoms with van der Waals surface area (Å²) >= 11 is 3.36. The standard InChI is InChI=1S/C14H17BrN2O/c15-10-5-4-9-14(18)17(12-6-11-16)13-7-2-1-3-8-13/h1-3,7-8H,4-6,9-10,12H2. The molecular weight excluding hydrogens is 292 g/mol. The molecule has 1 aromatic carbocycles. The van der Waals surface area contributed by atoms with Gasteiger partial charge in [-0.3, -0.25) is 4.79 Å². The maximum absolute atomic E-state index is 12.1. The molecule has 0 saturated carbocycles. The summed E-state index contributed by atoms with van der Waals surface area (Å²) in [7, 11) is 0. The normalized spacial score (nSPS) is 9.78. The predicted molar refractivity (Wildman–Crippen MR) is 76.7 cm³/mol. The van der Waals surface area contributed by atoms with Gasteiger partial charge in [0.05, 0.1) is 12.5 Å². The number of anilines is 1. The van der Waals surface area contributed by atoms with Gasteiger partial charge in [0, 0.05) is 24.0 Å². The van der Waals surface area contributed by atoms with Crippen LogP contribution in [0.2, 0.25) is 0 Å². The molecular formula is C14H17BrN2O. The van der Waals surface area contributed by atoms with Crippen molar-refractivity contribution in [3.63, 3.8) is 0 Å². The highest BCUT2D eigenvalue weighted by Crippen LogP contribution is 2.16. The minimum Gasteiger partial charge on any atom is -0.311 e. The molecule has 0 bridgehead atoms. The van der Waals surface area contributed by atoms with Crippen molar-refractivity contribution < 1.29 is 4.79 Å². The number of para-hydroxylation sites is 1. The number of alkyl halides is 1. The number of unbranched alkanes of at least 4 members (excludes halogenated alkanes) is 1. The Labute approximate surface area is 117 Å². The van der Waals surface area contributed by atoms with Crippen LogP contribution in [0.5, 0.6) is 0 Å². The SMILES string of the molecule is N#CCCN(C(=O)CCCCBr)c1ccccc1. The van der Waals surface area contributed by atoms with Gasteiger partial charge in [-0.15, -0.1) is 0 Å². The molecule has 0 aliphatic rings. The van der Waals surface area contributed by atoms with E-state index < -0.39 is 0 Å². The van der Waals surface area contributed by atoms with Crippen LogP contribution in [0.15, 0.2) is 30.3 Å². The molecule has 0 aliphatic carbocycles. The third kappa shape index (κ3) is 4.89. The molecule has 1 amide bonds. The Hall–Kier alpha value is -1.34. The van der Waals surface area contributed by atoms with E-state index in [2.05, 4.69) is 22.0 Å². The second-order valence-corrected chi connectivity index (χ2v) is 4.73. The lowest BCUT2D eigenvalue weighted by atomic mass is 10.2. The van der Waals surface area contributed by atoms with E-state index in [9.17, 15) is 4.79 Å². The first-order valence-electron chi connectivity index (χ1n) is 6.08. The first-order chi connectivity index (χ1) is 8.79. The number of carbonyl (C=O) groups excluding carboxylic acids is 1. The van der Waals surface area contributed by atoms with Gasteiger partial charge in [-0.2, -0.15) is 5.26 Å². The zero-order valence-electron chi connectivity index (χ0n) is 10.3. The van der Waals surface area contributed by atoms with Gasteiger partial charge in [0.2, 0.25) is 5.91 Å². The number of amides is 1. The number of rotatable bonds is 7. The maximum atomic E-state index is 12.1. The van der Waals surface area contributed by atoms with Gasteiger partial charge in [-0.05, 0) is 25.0 Å². The van der Waals surface area contributed by atoms with Crippen LogP contribution >= 0.6 is 15.9 Å². The number of benzene rings is 1. The lowest BCUT2D eigenvalue weighted by Gasteiger charge is -2.21. The first kappa shape index (κ1) is 14.7. The molecule has 0 fully saturated rings. The van der Waals surface area contributed by atoms with Crippen LogP contribution < -0.4 is 4.90 Å². The van der Waals surface area contributed by atoms with E-state index in [0.29, 0.717) is 19.4 Å².